The van der Waals surface area contributed by atoms with E-state index < -0.39 is 0 Å². The van der Waals surface area contributed by atoms with E-state index in [-0.39, 0.29) is 18.0 Å². The number of amides is 1. The predicted molar refractivity (Wildman–Crippen MR) is 80.3 cm³/mol. The second-order valence-electron chi connectivity index (χ2n) is 5.51. The first-order valence-electron chi connectivity index (χ1n) is 7.57. The lowest BCUT2D eigenvalue weighted by Crippen LogP contribution is -2.24. The SMILES string of the molecule is O=C(CCc1n[nH]c2c1CCCC2)NCc1cc(=O)[nH]cn1. The number of aromatic nitrogens is 4. The van der Waals surface area contributed by atoms with E-state index in [1.165, 1.54) is 36.5 Å². The number of rotatable bonds is 5. The first-order chi connectivity index (χ1) is 10.7. The molecule has 7 heteroatoms. The van der Waals surface area contributed by atoms with Gasteiger partial charge >= 0.3 is 0 Å². The summed E-state index contributed by atoms with van der Waals surface area (Å²) in [5.41, 5.74) is 3.88. The van der Waals surface area contributed by atoms with Gasteiger partial charge in [0.05, 0.1) is 24.3 Å². The van der Waals surface area contributed by atoms with Gasteiger partial charge in [0.2, 0.25) is 5.91 Å². The van der Waals surface area contributed by atoms with Gasteiger partial charge in [-0.15, -0.1) is 0 Å². The summed E-state index contributed by atoms with van der Waals surface area (Å²) in [5.74, 6) is -0.0605. The van der Waals surface area contributed by atoms with Crippen molar-refractivity contribution in [3.05, 3.63) is 45.4 Å². The van der Waals surface area contributed by atoms with Crippen molar-refractivity contribution in [2.24, 2.45) is 0 Å². The summed E-state index contributed by atoms with van der Waals surface area (Å²) in [5, 5.41) is 10.2. The Balaban J connectivity index is 1.50. The fourth-order valence-electron chi connectivity index (χ4n) is 2.77. The summed E-state index contributed by atoms with van der Waals surface area (Å²) < 4.78 is 0. The van der Waals surface area contributed by atoms with Crippen LogP contribution in [0.25, 0.3) is 0 Å². The minimum absolute atomic E-state index is 0.0605. The van der Waals surface area contributed by atoms with Gasteiger partial charge in [0.15, 0.2) is 0 Å². The summed E-state index contributed by atoms with van der Waals surface area (Å²) in [6, 6.07) is 1.38. The highest BCUT2D eigenvalue weighted by Gasteiger charge is 2.17. The molecule has 0 saturated heterocycles. The summed E-state index contributed by atoms with van der Waals surface area (Å²) in [7, 11) is 0. The van der Waals surface area contributed by atoms with Crippen molar-refractivity contribution in [2.45, 2.75) is 45.1 Å². The molecular weight excluding hydrogens is 282 g/mol. The Bertz CT molecular complexity index is 719. The highest BCUT2D eigenvalue weighted by molar-refractivity contribution is 5.76. The second-order valence-corrected chi connectivity index (χ2v) is 5.51. The van der Waals surface area contributed by atoms with Crippen LogP contribution in [0, 0.1) is 0 Å². The Hall–Kier alpha value is -2.44. The molecule has 2 heterocycles. The standard InChI is InChI=1S/C15H19N5O2/c21-14(16-8-10-7-15(22)18-9-17-10)6-5-13-11-3-1-2-4-12(11)19-20-13/h7,9H,1-6,8H2,(H,16,21)(H,19,20)(H,17,18,22). The Morgan fingerprint density at radius 2 is 2.18 bits per heavy atom. The number of aryl methyl sites for hydroxylation is 2. The Morgan fingerprint density at radius 1 is 1.32 bits per heavy atom. The van der Waals surface area contributed by atoms with E-state index in [4.69, 9.17) is 0 Å². The Labute approximate surface area is 127 Å². The minimum atomic E-state index is -0.220. The van der Waals surface area contributed by atoms with Crippen LogP contribution in [0.2, 0.25) is 0 Å². The molecule has 7 nitrogen and oxygen atoms in total. The number of nitrogens with one attached hydrogen (secondary N) is 3. The van der Waals surface area contributed by atoms with Gasteiger partial charge < -0.3 is 10.3 Å². The van der Waals surface area contributed by atoms with Crippen LogP contribution >= 0.6 is 0 Å². The van der Waals surface area contributed by atoms with Crippen LogP contribution in [-0.4, -0.2) is 26.1 Å². The topological polar surface area (TPSA) is 104 Å². The molecule has 3 rings (SSSR count). The molecule has 0 aromatic carbocycles. The van der Waals surface area contributed by atoms with Gasteiger partial charge in [-0.1, -0.05) is 0 Å². The van der Waals surface area contributed by atoms with Crippen LogP contribution in [-0.2, 0) is 30.6 Å². The maximum atomic E-state index is 11.9. The zero-order chi connectivity index (χ0) is 15.4. The van der Waals surface area contributed by atoms with Gasteiger partial charge in [-0.3, -0.25) is 14.7 Å². The number of hydrogen-bond donors (Lipinski definition) is 3. The van der Waals surface area contributed by atoms with Crippen molar-refractivity contribution in [1.82, 2.24) is 25.5 Å². The second kappa shape index (κ2) is 6.55. The molecule has 0 spiro atoms. The van der Waals surface area contributed by atoms with E-state index in [1.807, 2.05) is 0 Å². The molecule has 3 N–H and O–H groups in total. The lowest BCUT2D eigenvalue weighted by atomic mass is 9.95. The van der Waals surface area contributed by atoms with Crippen molar-refractivity contribution in [3.8, 4) is 0 Å². The van der Waals surface area contributed by atoms with Crippen molar-refractivity contribution >= 4 is 5.91 Å². The molecule has 2 aromatic heterocycles. The molecule has 1 aliphatic rings. The van der Waals surface area contributed by atoms with E-state index >= 15 is 0 Å². The van der Waals surface area contributed by atoms with Crippen molar-refractivity contribution < 1.29 is 4.79 Å². The maximum Gasteiger partial charge on any atom is 0.250 e. The smallest absolute Gasteiger partial charge is 0.250 e. The number of aromatic amines is 2. The molecule has 0 fully saturated rings. The fraction of sp³-hybridized carbons (Fsp3) is 0.467. The largest absolute Gasteiger partial charge is 0.350 e. The van der Waals surface area contributed by atoms with Crippen molar-refractivity contribution in [1.29, 1.82) is 0 Å². The lowest BCUT2D eigenvalue weighted by Gasteiger charge is -2.11. The highest BCUT2D eigenvalue weighted by atomic mass is 16.1. The van der Waals surface area contributed by atoms with Crippen LogP contribution in [0.4, 0.5) is 0 Å². The van der Waals surface area contributed by atoms with Crippen molar-refractivity contribution in [2.75, 3.05) is 0 Å². The number of nitrogens with zero attached hydrogens (tertiary/aromatic N) is 2. The molecule has 22 heavy (non-hydrogen) atoms. The van der Waals surface area contributed by atoms with Crippen LogP contribution in [0.3, 0.4) is 0 Å². The molecule has 1 aliphatic carbocycles. The van der Waals surface area contributed by atoms with E-state index in [2.05, 4.69) is 25.5 Å². The van der Waals surface area contributed by atoms with Gasteiger partial charge in [0.1, 0.15) is 0 Å². The van der Waals surface area contributed by atoms with Gasteiger partial charge in [0, 0.05) is 24.6 Å². The third-order valence-electron chi connectivity index (χ3n) is 3.93. The quantitative estimate of drug-likeness (QED) is 0.753. The third-order valence-corrected chi connectivity index (χ3v) is 3.93. The third kappa shape index (κ3) is 3.41. The molecule has 116 valence electrons. The molecule has 0 unspecified atom stereocenters. The van der Waals surface area contributed by atoms with Gasteiger partial charge in [-0.25, -0.2) is 4.98 Å². The number of H-pyrrole nitrogens is 2. The van der Waals surface area contributed by atoms with Crippen molar-refractivity contribution in [3.63, 3.8) is 0 Å². The molecule has 2 aromatic rings. The van der Waals surface area contributed by atoms with E-state index in [0.717, 1.165) is 18.5 Å². The molecule has 0 atom stereocenters. The van der Waals surface area contributed by atoms with Crippen LogP contribution < -0.4 is 10.9 Å². The van der Waals surface area contributed by atoms with Crippen LogP contribution in [0.15, 0.2) is 17.2 Å². The summed E-state index contributed by atoms with van der Waals surface area (Å²) in [6.07, 6.45) is 6.88. The lowest BCUT2D eigenvalue weighted by molar-refractivity contribution is -0.121. The highest BCUT2D eigenvalue weighted by Crippen LogP contribution is 2.22. The van der Waals surface area contributed by atoms with Crippen LogP contribution in [0.1, 0.15) is 41.9 Å². The fourth-order valence-corrected chi connectivity index (χ4v) is 2.77. The predicted octanol–water partition coefficient (Wildman–Crippen LogP) is 0.621. The molecular formula is C15H19N5O2. The molecule has 0 bridgehead atoms. The Kier molecular flexibility index (Phi) is 4.32. The monoisotopic (exact) mass is 301 g/mol. The minimum Gasteiger partial charge on any atom is -0.350 e. The van der Waals surface area contributed by atoms with E-state index in [0.29, 0.717) is 18.5 Å². The average molecular weight is 301 g/mol. The molecule has 0 aliphatic heterocycles. The zero-order valence-electron chi connectivity index (χ0n) is 12.3. The average Bonchev–Trinajstić information content (AvgIpc) is 2.94. The first-order valence-corrected chi connectivity index (χ1v) is 7.57. The molecule has 1 amide bonds. The van der Waals surface area contributed by atoms with Gasteiger partial charge in [-0.05, 0) is 31.2 Å². The molecule has 0 radical (unpaired) electrons. The van der Waals surface area contributed by atoms with Gasteiger partial charge in [0.25, 0.3) is 5.56 Å². The van der Waals surface area contributed by atoms with Gasteiger partial charge in [-0.2, -0.15) is 5.10 Å². The molecule has 0 saturated carbocycles. The summed E-state index contributed by atoms with van der Waals surface area (Å²) in [4.78, 5) is 29.5. The van der Waals surface area contributed by atoms with E-state index in [1.54, 1.807) is 0 Å². The first kappa shape index (κ1) is 14.5. The van der Waals surface area contributed by atoms with E-state index in [9.17, 15) is 9.59 Å². The number of fused-ring (bicyclic) bond motifs is 1. The Morgan fingerprint density at radius 3 is 3.05 bits per heavy atom. The summed E-state index contributed by atoms with van der Waals surface area (Å²) >= 11 is 0. The number of carbonyl (C=O) groups excluding carboxylic acids is 1. The van der Waals surface area contributed by atoms with Crippen LogP contribution in [0.5, 0.6) is 0 Å². The zero-order valence-corrected chi connectivity index (χ0v) is 12.3. The number of carbonyl (C=O) groups is 1. The summed E-state index contributed by atoms with van der Waals surface area (Å²) in [6.45, 7) is 0.265. The number of hydrogen-bond acceptors (Lipinski definition) is 4. The normalized spacial score (nSPS) is 13.6. The maximum absolute atomic E-state index is 11.9.